The number of rotatable bonds is 8. The van der Waals surface area contributed by atoms with Crippen LogP contribution in [0.15, 0.2) is 41.8 Å². The minimum Gasteiger partial charge on any atom is -0.452 e. The molecule has 1 heterocycles. The third kappa shape index (κ3) is 6.03. The highest BCUT2D eigenvalue weighted by molar-refractivity contribution is 7.12. The van der Waals surface area contributed by atoms with E-state index in [1.807, 2.05) is 6.92 Å². The normalized spacial score (nSPS) is 10.1. The number of benzene rings is 1. The third-order valence-corrected chi connectivity index (χ3v) is 4.41. The number of amides is 3. The van der Waals surface area contributed by atoms with Gasteiger partial charge in [-0.05, 0) is 23.9 Å². The number of hydrogen-bond donors (Lipinski definition) is 2. The fourth-order valence-corrected chi connectivity index (χ4v) is 2.87. The van der Waals surface area contributed by atoms with Crippen molar-refractivity contribution in [2.75, 3.05) is 13.2 Å². The van der Waals surface area contributed by atoms with Crippen LogP contribution in [0.1, 0.15) is 45.4 Å². The molecule has 2 aromatic rings. The Morgan fingerprint density at radius 2 is 1.78 bits per heavy atom. The monoisotopic (exact) mass is 388 g/mol. The molecule has 0 spiro atoms. The van der Waals surface area contributed by atoms with Crippen LogP contribution in [-0.4, -0.2) is 36.8 Å². The maximum Gasteiger partial charge on any atom is 0.339 e. The largest absolute Gasteiger partial charge is 0.452 e. The van der Waals surface area contributed by atoms with Crippen LogP contribution >= 0.6 is 11.3 Å². The van der Waals surface area contributed by atoms with Crippen LogP contribution < -0.4 is 10.6 Å². The fourth-order valence-electron chi connectivity index (χ4n) is 2.19. The Balaban J connectivity index is 1.94. The van der Waals surface area contributed by atoms with Crippen molar-refractivity contribution in [2.24, 2.45) is 0 Å². The van der Waals surface area contributed by atoms with E-state index < -0.39 is 24.5 Å². The first-order valence-corrected chi connectivity index (χ1v) is 9.33. The van der Waals surface area contributed by atoms with Crippen LogP contribution in [0.3, 0.4) is 0 Å². The summed E-state index contributed by atoms with van der Waals surface area (Å²) in [5.41, 5.74) is 0.263. The van der Waals surface area contributed by atoms with Gasteiger partial charge in [0.1, 0.15) is 0 Å². The molecule has 0 bridgehead atoms. The first-order valence-electron chi connectivity index (χ1n) is 8.45. The molecule has 1 aromatic heterocycles. The van der Waals surface area contributed by atoms with Crippen molar-refractivity contribution in [3.05, 3.63) is 57.8 Å². The SMILES string of the molecule is CCCCNC(=O)NC(=O)COC(=O)c1ccccc1C(=O)c1cccs1. The van der Waals surface area contributed by atoms with E-state index in [4.69, 9.17) is 4.74 Å². The Hall–Kier alpha value is -3.00. The van der Waals surface area contributed by atoms with Crippen molar-refractivity contribution in [1.29, 1.82) is 0 Å². The average Bonchev–Trinajstić information content (AvgIpc) is 3.20. The molecule has 0 saturated carbocycles. The van der Waals surface area contributed by atoms with Gasteiger partial charge in [-0.15, -0.1) is 11.3 Å². The summed E-state index contributed by atoms with van der Waals surface area (Å²) in [5, 5.41) is 6.36. The van der Waals surface area contributed by atoms with Crippen molar-refractivity contribution < 1.29 is 23.9 Å². The Morgan fingerprint density at radius 3 is 2.44 bits per heavy atom. The lowest BCUT2D eigenvalue weighted by atomic mass is 10.0. The number of urea groups is 1. The summed E-state index contributed by atoms with van der Waals surface area (Å²) in [6.45, 7) is 1.81. The van der Waals surface area contributed by atoms with Gasteiger partial charge < -0.3 is 10.1 Å². The van der Waals surface area contributed by atoms with E-state index in [1.165, 1.54) is 23.5 Å². The molecule has 142 valence electrons. The Kier molecular flexibility index (Phi) is 7.69. The van der Waals surface area contributed by atoms with Crippen LogP contribution in [0.25, 0.3) is 0 Å². The molecular weight excluding hydrogens is 368 g/mol. The lowest BCUT2D eigenvalue weighted by Gasteiger charge is -2.09. The minimum absolute atomic E-state index is 0.0658. The summed E-state index contributed by atoms with van der Waals surface area (Å²) in [5.74, 6) is -1.85. The van der Waals surface area contributed by atoms with Crippen LogP contribution in [0, 0.1) is 0 Å². The zero-order valence-corrected chi connectivity index (χ0v) is 15.6. The van der Waals surface area contributed by atoms with Crippen LogP contribution in [0.4, 0.5) is 4.79 Å². The molecule has 2 N–H and O–H groups in total. The maximum absolute atomic E-state index is 12.5. The summed E-state index contributed by atoms with van der Waals surface area (Å²) < 4.78 is 4.94. The van der Waals surface area contributed by atoms with Gasteiger partial charge in [0.2, 0.25) is 5.78 Å². The van der Waals surface area contributed by atoms with Gasteiger partial charge in [0.25, 0.3) is 5.91 Å². The van der Waals surface area contributed by atoms with Gasteiger partial charge in [-0.25, -0.2) is 9.59 Å². The Bertz CT molecular complexity index is 817. The van der Waals surface area contributed by atoms with Gasteiger partial charge in [0, 0.05) is 12.1 Å². The molecule has 0 aliphatic heterocycles. The molecule has 0 atom stereocenters. The summed E-state index contributed by atoms with van der Waals surface area (Å²) in [6.07, 6.45) is 1.71. The molecule has 3 amide bonds. The van der Waals surface area contributed by atoms with Crippen LogP contribution in [-0.2, 0) is 9.53 Å². The topological polar surface area (TPSA) is 102 Å². The second kappa shape index (κ2) is 10.2. The molecule has 8 heteroatoms. The lowest BCUT2D eigenvalue weighted by molar-refractivity contribution is -0.123. The number of carbonyl (C=O) groups is 4. The van der Waals surface area contributed by atoms with Gasteiger partial charge in [-0.1, -0.05) is 37.6 Å². The summed E-state index contributed by atoms with van der Waals surface area (Å²) >= 11 is 1.27. The van der Waals surface area contributed by atoms with Gasteiger partial charge in [0.15, 0.2) is 6.61 Å². The Morgan fingerprint density at radius 1 is 1.04 bits per heavy atom. The molecular formula is C19H20N2O5S. The fraction of sp³-hybridized carbons (Fsp3) is 0.263. The van der Waals surface area contributed by atoms with E-state index in [9.17, 15) is 19.2 Å². The van der Waals surface area contributed by atoms with Crippen molar-refractivity contribution >= 4 is 35.0 Å². The van der Waals surface area contributed by atoms with Crippen molar-refractivity contribution in [3.8, 4) is 0 Å². The van der Waals surface area contributed by atoms with E-state index in [2.05, 4.69) is 10.6 Å². The number of esters is 1. The number of unbranched alkanes of at least 4 members (excludes halogenated alkanes) is 1. The highest BCUT2D eigenvalue weighted by Gasteiger charge is 2.20. The molecule has 0 unspecified atom stereocenters. The number of hydrogen-bond acceptors (Lipinski definition) is 6. The molecule has 7 nitrogen and oxygen atoms in total. The summed E-state index contributed by atoms with van der Waals surface area (Å²) in [4.78, 5) is 48.5. The first-order chi connectivity index (χ1) is 13.0. The van der Waals surface area contributed by atoms with Gasteiger partial charge in [0.05, 0.1) is 10.4 Å². The minimum atomic E-state index is -0.808. The first kappa shape index (κ1) is 20.3. The molecule has 0 fully saturated rings. The van der Waals surface area contributed by atoms with Crippen molar-refractivity contribution in [3.63, 3.8) is 0 Å². The number of ketones is 1. The second-order valence-electron chi connectivity index (χ2n) is 5.59. The van der Waals surface area contributed by atoms with E-state index in [0.29, 0.717) is 11.4 Å². The predicted molar refractivity (Wildman–Crippen MR) is 101 cm³/mol. The summed E-state index contributed by atoms with van der Waals surface area (Å²) in [6, 6.07) is 9.00. The third-order valence-electron chi connectivity index (χ3n) is 3.54. The van der Waals surface area contributed by atoms with Crippen molar-refractivity contribution in [1.82, 2.24) is 10.6 Å². The zero-order valence-electron chi connectivity index (χ0n) is 14.8. The molecule has 0 aliphatic carbocycles. The number of thiophene rings is 1. The quantitative estimate of drug-likeness (QED) is 0.411. The predicted octanol–water partition coefficient (Wildman–Crippen LogP) is 2.76. The number of nitrogens with one attached hydrogen (secondary N) is 2. The number of ether oxygens (including phenoxy) is 1. The van der Waals surface area contributed by atoms with Crippen LogP contribution in [0.2, 0.25) is 0 Å². The summed E-state index contributed by atoms with van der Waals surface area (Å²) in [7, 11) is 0. The van der Waals surface area contributed by atoms with E-state index in [0.717, 1.165) is 12.8 Å². The lowest BCUT2D eigenvalue weighted by Crippen LogP contribution is -2.41. The van der Waals surface area contributed by atoms with E-state index in [1.54, 1.807) is 29.6 Å². The standard InChI is InChI=1S/C19H20N2O5S/c1-2-3-10-20-19(25)21-16(22)12-26-18(24)14-8-5-4-7-13(14)17(23)15-9-6-11-27-15/h4-9,11H,2-3,10,12H2,1H3,(H2,20,21,22,25). The van der Waals surface area contributed by atoms with Gasteiger partial charge in [-0.3, -0.25) is 14.9 Å². The van der Waals surface area contributed by atoms with Gasteiger partial charge >= 0.3 is 12.0 Å². The van der Waals surface area contributed by atoms with Crippen LogP contribution in [0.5, 0.6) is 0 Å². The molecule has 0 aliphatic rings. The Labute approximate surface area is 160 Å². The molecule has 0 saturated heterocycles. The highest BCUT2D eigenvalue weighted by atomic mass is 32.1. The molecule has 0 radical (unpaired) electrons. The average molecular weight is 388 g/mol. The molecule has 1 aromatic carbocycles. The smallest absolute Gasteiger partial charge is 0.339 e. The molecule has 27 heavy (non-hydrogen) atoms. The maximum atomic E-state index is 12.5. The zero-order chi connectivity index (χ0) is 19.6. The highest BCUT2D eigenvalue weighted by Crippen LogP contribution is 2.19. The number of imide groups is 1. The van der Waals surface area contributed by atoms with Crippen molar-refractivity contribution in [2.45, 2.75) is 19.8 Å². The van der Waals surface area contributed by atoms with E-state index in [-0.39, 0.29) is 16.9 Å². The van der Waals surface area contributed by atoms with Gasteiger partial charge in [-0.2, -0.15) is 0 Å². The molecule has 2 rings (SSSR count). The number of carbonyl (C=O) groups excluding carboxylic acids is 4. The second-order valence-corrected chi connectivity index (χ2v) is 6.53. The van der Waals surface area contributed by atoms with E-state index >= 15 is 0 Å².